The third-order valence-corrected chi connectivity index (χ3v) is 14.2. The Bertz CT molecular complexity index is 2350. The average Bonchev–Trinajstić information content (AvgIpc) is 3.50. The fraction of sp³-hybridized carbons (Fsp3) is 0. The molecule has 0 aliphatic rings. The Balaban J connectivity index is 1.39. The molecule has 0 aliphatic heterocycles. The number of benzene rings is 7. The summed E-state index contributed by atoms with van der Waals surface area (Å²) in [5.41, 5.74) is 6.11. The Morgan fingerprint density at radius 3 is 1.38 bits per heavy atom. The minimum atomic E-state index is -3.07. The van der Waals surface area contributed by atoms with Gasteiger partial charge in [-0.15, -0.1) is 0 Å². The second-order valence-electron chi connectivity index (χ2n) is 11.9. The summed E-state index contributed by atoms with van der Waals surface area (Å²) in [6.07, 6.45) is 0. The maximum Gasteiger partial charge on any atom is 0.181 e. The Hall–Kier alpha value is -6.46. The predicted molar refractivity (Wildman–Crippen MR) is 199 cm³/mol. The number of aromatic nitrogens is 1. The first-order valence-electron chi connectivity index (χ1n) is 16.0. The molecular weight excluding hydrogens is 599 g/mol. The molecule has 0 N–H and O–H groups in total. The third-order valence-electron chi connectivity index (χ3n) is 9.42. The van der Waals surface area contributed by atoms with Crippen molar-refractivity contribution in [3.8, 4) is 29.0 Å². The van der Waals surface area contributed by atoms with Crippen LogP contribution >= 0.6 is 0 Å². The molecule has 1 heterocycles. The Morgan fingerprint density at radius 2 is 0.917 bits per heavy atom. The van der Waals surface area contributed by atoms with Gasteiger partial charge in [-0.1, -0.05) is 140 Å². The molecule has 4 heteroatoms. The van der Waals surface area contributed by atoms with E-state index in [1.165, 1.54) is 10.8 Å². The lowest BCUT2D eigenvalue weighted by molar-refractivity contribution is 1.18. The molecule has 8 rings (SSSR count). The molecule has 0 saturated carbocycles. The molecule has 0 fully saturated rings. The van der Waals surface area contributed by atoms with Crippen molar-refractivity contribution in [1.82, 2.24) is 4.57 Å². The van der Waals surface area contributed by atoms with Crippen molar-refractivity contribution in [3.05, 3.63) is 187 Å². The quantitative estimate of drug-likeness (QED) is 0.141. The molecule has 0 amide bonds. The number of hydrogen-bond acceptors (Lipinski definition) is 2. The number of para-hydroxylation sites is 2. The van der Waals surface area contributed by atoms with E-state index < -0.39 is 8.07 Å². The molecule has 0 saturated heterocycles. The maximum atomic E-state index is 11.1. The van der Waals surface area contributed by atoms with Crippen molar-refractivity contribution >= 4 is 50.6 Å². The summed E-state index contributed by atoms with van der Waals surface area (Å²) in [4.78, 5) is 0. The van der Waals surface area contributed by atoms with Crippen molar-refractivity contribution < 1.29 is 0 Å². The van der Waals surface area contributed by atoms with Crippen LogP contribution in [0.4, 0.5) is 0 Å². The van der Waals surface area contributed by atoms with Crippen LogP contribution in [0.25, 0.3) is 38.6 Å². The highest BCUT2D eigenvalue weighted by Crippen LogP contribution is 2.33. The summed E-state index contributed by atoms with van der Waals surface area (Å²) in [7, 11) is -3.07. The van der Waals surface area contributed by atoms with Crippen molar-refractivity contribution in [2.45, 2.75) is 0 Å². The van der Waals surface area contributed by atoms with Gasteiger partial charge in [-0.05, 0) is 62.7 Å². The topological polar surface area (TPSA) is 52.5 Å². The normalized spacial score (nSPS) is 11.3. The van der Waals surface area contributed by atoms with Crippen LogP contribution in [-0.2, 0) is 0 Å². The highest BCUT2D eigenvalue weighted by molar-refractivity contribution is 7.20. The fourth-order valence-corrected chi connectivity index (χ4v) is 12.3. The molecular formula is C44H29N3Si. The SMILES string of the molecule is N#Cc1cc(-c2ccc(-n3c4ccccc4c4ccccc43)cc2)c(C#N)c([Si](c2ccccc2)(c2ccccc2)c2ccccc2)c1. The van der Waals surface area contributed by atoms with Gasteiger partial charge in [0.2, 0.25) is 0 Å². The average molecular weight is 628 g/mol. The monoisotopic (exact) mass is 627 g/mol. The van der Waals surface area contributed by atoms with E-state index in [0.29, 0.717) is 11.1 Å². The lowest BCUT2D eigenvalue weighted by Crippen LogP contribution is -2.75. The lowest BCUT2D eigenvalue weighted by atomic mass is 9.97. The summed E-state index contributed by atoms with van der Waals surface area (Å²) in [6, 6.07) is 65.8. The van der Waals surface area contributed by atoms with Gasteiger partial charge < -0.3 is 4.57 Å². The van der Waals surface area contributed by atoms with Crippen LogP contribution in [0.5, 0.6) is 0 Å². The predicted octanol–water partition coefficient (Wildman–Crippen LogP) is 7.57. The highest BCUT2D eigenvalue weighted by Gasteiger charge is 2.43. The second kappa shape index (κ2) is 12.0. The van der Waals surface area contributed by atoms with Crippen LogP contribution in [-0.4, -0.2) is 12.6 Å². The largest absolute Gasteiger partial charge is 0.309 e. The molecule has 0 bridgehead atoms. The minimum Gasteiger partial charge on any atom is -0.309 e. The smallest absolute Gasteiger partial charge is 0.181 e. The van der Waals surface area contributed by atoms with Crippen LogP contribution < -0.4 is 20.7 Å². The van der Waals surface area contributed by atoms with E-state index in [2.05, 4.69) is 162 Å². The molecule has 0 aliphatic carbocycles. The van der Waals surface area contributed by atoms with Gasteiger partial charge in [0, 0.05) is 22.0 Å². The first kappa shape index (κ1) is 29.0. The van der Waals surface area contributed by atoms with Gasteiger partial charge in [-0.2, -0.15) is 10.5 Å². The molecule has 0 radical (unpaired) electrons. The summed E-state index contributed by atoms with van der Waals surface area (Å²) < 4.78 is 2.29. The summed E-state index contributed by atoms with van der Waals surface area (Å²) in [5.74, 6) is 0. The van der Waals surface area contributed by atoms with Crippen LogP contribution in [0.3, 0.4) is 0 Å². The van der Waals surface area contributed by atoms with E-state index in [-0.39, 0.29) is 0 Å². The first-order chi connectivity index (χ1) is 23.7. The molecule has 3 nitrogen and oxygen atoms in total. The van der Waals surface area contributed by atoms with Crippen LogP contribution in [0, 0.1) is 22.7 Å². The summed E-state index contributed by atoms with van der Waals surface area (Å²) in [5, 5.41) is 28.3. The van der Waals surface area contributed by atoms with E-state index in [0.717, 1.165) is 48.6 Å². The maximum absolute atomic E-state index is 11.1. The summed E-state index contributed by atoms with van der Waals surface area (Å²) in [6.45, 7) is 0. The molecule has 7 aromatic carbocycles. The third kappa shape index (κ3) is 4.55. The second-order valence-corrected chi connectivity index (χ2v) is 15.7. The van der Waals surface area contributed by atoms with Gasteiger partial charge >= 0.3 is 0 Å². The van der Waals surface area contributed by atoms with Gasteiger partial charge in [-0.25, -0.2) is 0 Å². The molecule has 0 spiro atoms. The van der Waals surface area contributed by atoms with E-state index >= 15 is 0 Å². The number of fused-ring (bicyclic) bond motifs is 3. The van der Waals surface area contributed by atoms with Crippen LogP contribution in [0.15, 0.2) is 176 Å². The van der Waals surface area contributed by atoms with E-state index in [9.17, 15) is 10.5 Å². The van der Waals surface area contributed by atoms with Gasteiger partial charge in [0.25, 0.3) is 0 Å². The van der Waals surface area contributed by atoms with E-state index in [1.54, 1.807) is 0 Å². The Kier molecular flexibility index (Phi) is 7.27. The first-order valence-corrected chi connectivity index (χ1v) is 18.0. The molecule has 224 valence electrons. The molecule has 1 aromatic heterocycles. The number of rotatable bonds is 6. The van der Waals surface area contributed by atoms with E-state index in [1.807, 2.05) is 30.3 Å². The van der Waals surface area contributed by atoms with Crippen molar-refractivity contribution in [3.63, 3.8) is 0 Å². The number of nitrogens with zero attached hydrogens (tertiary/aromatic N) is 3. The van der Waals surface area contributed by atoms with Gasteiger partial charge in [0.05, 0.1) is 34.3 Å². The lowest BCUT2D eigenvalue weighted by Gasteiger charge is -2.35. The number of nitriles is 2. The van der Waals surface area contributed by atoms with Crippen molar-refractivity contribution in [2.24, 2.45) is 0 Å². The van der Waals surface area contributed by atoms with Crippen LogP contribution in [0.2, 0.25) is 0 Å². The Labute approximate surface area is 280 Å². The molecule has 0 unspecified atom stereocenters. The van der Waals surface area contributed by atoms with E-state index in [4.69, 9.17) is 0 Å². The van der Waals surface area contributed by atoms with Gasteiger partial charge in [0.1, 0.15) is 0 Å². The zero-order valence-corrected chi connectivity index (χ0v) is 27.1. The molecule has 8 aromatic rings. The van der Waals surface area contributed by atoms with Crippen molar-refractivity contribution in [2.75, 3.05) is 0 Å². The molecule has 0 atom stereocenters. The van der Waals surface area contributed by atoms with Crippen molar-refractivity contribution in [1.29, 1.82) is 10.5 Å². The van der Waals surface area contributed by atoms with Crippen LogP contribution in [0.1, 0.15) is 11.1 Å². The number of hydrogen-bond donors (Lipinski definition) is 0. The molecule has 48 heavy (non-hydrogen) atoms. The fourth-order valence-electron chi connectivity index (χ4n) is 7.37. The van der Waals surface area contributed by atoms with Gasteiger partial charge in [0.15, 0.2) is 8.07 Å². The zero-order chi connectivity index (χ0) is 32.5. The standard InChI is InChI=1S/C44H29N3Si/c45-30-32-28-40(33-24-26-34(27-25-33)47-42-22-12-10-20-38(42)39-21-11-13-23-43(39)47)41(31-46)44(29-32)48(35-14-4-1-5-15-35,36-16-6-2-7-17-36)37-18-8-3-9-19-37/h1-29H. The zero-order valence-electron chi connectivity index (χ0n) is 26.1. The highest BCUT2D eigenvalue weighted by atomic mass is 28.3. The Morgan fingerprint density at radius 1 is 0.458 bits per heavy atom. The minimum absolute atomic E-state index is 0.533. The summed E-state index contributed by atoms with van der Waals surface area (Å²) >= 11 is 0. The van der Waals surface area contributed by atoms with Gasteiger partial charge in [-0.3, -0.25) is 0 Å².